The molecule has 0 spiro atoms. The molecule has 10 nitrogen and oxygen atoms in total. The molecule has 0 aromatic carbocycles. The second kappa shape index (κ2) is 10.0. The highest BCUT2D eigenvalue weighted by molar-refractivity contribution is 8.00. The molecule has 35 heavy (non-hydrogen) atoms. The Bertz CT molecular complexity index is 1200. The van der Waals surface area contributed by atoms with Crippen molar-refractivity contribution in [2.45, 2.75) is 50.8 Å². The fourth-order valence-electron chi connectivity index (χ4n) is 4.25. The first kappa shape index (κ1) is 24.7. The maximum absolute atomic E-state index is 13.4. The minimum Gasteiger partial charge on any atom is -0.505 e. The van der Waals surface area contributed by atoms with Crippen LogP contribution in [-0.4, -0.2) is 72.4 Å². The number of aryl methyl sites for hydroxylation is 1. The van der Waals surface area contributed by atoms with E-state index in [0.717, 1.165) is 5.57 Å². The third-order valence-corrected chi connectivity index (χ3v) is 7.60. The van der Waals surface area contributed by atoms with Gasteiger partial charge in [0, 0.05) is 29.3 Å². The van der Waals surface area contributed by atoms with Crippen LogP contribution in [0.4, 0.5) is 0 Å². The van der Waals surface area contributed by atoms with Crippen molar-refractivity contribution in [3.8, 4) is 5.75 Å². The molecule has 1 saturated heterocycles. The van der Waals surface area contributed by atoms with Gasteiger partial charge in [-0.3, -0.25) is 24.5 Å². The van der Waals surface area contributed by atoms with E-state index in [4.69, 9.17) is 0 Å². The maximum atomic E-state index is 13.4. The van der Waals surface area contributed by atoms with Crippen LogP contribution in [0.5, 0.6) is 5.75 Å². The zero-order valence-corrected chi connectivity index (χ0v) is 20.1. The van der Waals surface area contributed by atoms with Gasteiger partial charge >= 0.3 is 5.97 Å². The van der Waals surface area contributed by atoms with Gasteiger partial charge in [-0.05, 0) is 37.8 Å². The van der Waals surface area contributed by atoms with Gasteiger partial charge in [0.25, 0.3) is 5.91 Å². The fourth-order valence-corrected chi connectivity index (χ4v) is 5.55. The number of carboxylic acid groups (broad SMARTS) is 1. The lowest BCUT2D eigenvalue weighted by atomic mass is 9.96. The number of pyridine rings is 1. The summed E-state index contributed by atoms with van der Waals surface area (Å²) in [6.45, 7) is 2.93. The summed E-state index contributed by atoms with van der Waals surface area (Å²) < 4.78 is 0. The number of aliphatic carboxylic acids is 1. The van der Waals surface area contributed by atoms with Gasteiger partial charge in [-0.25, -0.2) is 4.79 Å². The largest absolute Gasteiger partial charge is 0.505 e. The Morgan fingerprint density at radius 2 is 2.14 bits per heavy atom. The number of thioether (sulfide) groups is 1. The molecule has 1 fully saturated rings. The van der Waals surface area contributed by atoms with Gasteiger partial charge in [-0.2, -0.15) is 0 Å². The number of fused-ring (bicyclic) bond motifs is 1. The number of aliphatic hydroxyl groups is 1. The number of allylic oxidation sites excluding steroid dienone is 3. The molecule has 4 N–H and O–H groups in total. The van der Waals surface area contributed by atoms with Crippen molar-refractivity contribution in [3.05, 3.63) is 58.1 Å². The van der Waals surface area contributed by atoms with Crippen molar-refractivity contribution in [1.82, 2.24) is 15.2 Å². The Labute approximate surface area is 206 Å². The van der Waals surface area contributed by atoms with Crippen LogP contribution in [0.25, 0.3) is 0 Å². The van der Waals surface area contributed by atoms with Gasteiger partial charge in [0.05, 0.1) is 12.3 Å². The Morgan fingerprint density at radius 3 is 2.80 bits per heavy atom. The number of carbonyl (C=O) groups excluding carboxylic acids is 2. The summed E-state index contributed by atoms with van der Waals surface area (Å²) in [4.78, 5) is 47.5. The molecule has 3 atom stereocenters. The molecular formula is C24H26N4O6S. The lowest BCUT2D eigenvalue weighted by molar-refractivity contribution is -0.150. The minimum atomic E-state index is -1.17. The number of β-lactam (4-membered cyclic amide) rings is 1. The van der Waals surface area contributed by atoms with Crippen LogP contribution >= 0.6 is 11.8 Å². The predicted molar refractivity (Wildman–Crippen MR) is 130 cm³/mol. The maximum Gasteiger partial charge on any atom is 0.352 e. The number of aromatic hydroxyl groups is 1. The SMILES string of the molecule is CC1=C(C(=O)O)N2C(=O)[C@@H](NC(=O)[C@H](N=Cc3c(CO)cnc(C)c3O)C3=CCC=CC3)[C@H]2SC1. The normalized spacial score (nSPS) is 22.5. The summed E-state index contributed by atoms with van der Waals surface area (Å²) in [5, 5.41) is 31.8. The molecule has 1 aromatic heterocycles. The standard InChI is InChI=1S/C24H26N4O6S/c1-12-11-35-23-18(22(32)28(23)19(12)24(33)34)27-21(31)17(14-6-4-3-5-7-14)26-9-16-15(10-29)8-25-13(2)20(16)30/h3-4,7-9,17-18,23,29-30H,5-6,10-11H2,1-2H3,(H,27,31)(H,33,34)/t17-,18-,23-/m1/s1. The molecule has 0 bridgehead atoms. The number of amides is 2. The molecule has 4 rings (SSSR count). The van der Waals surface area contributed by atoms with Crippen LogP contribution in [0, 0.1) is 6.92 Å². The van der Waals surface area contributed by atoms with E-state index in [1.807, 2.05) is 18.2 Å². The number of carboxylic acids is 1. The van der Waals surface area contributed by atoms with Crippen molar-refractivity contribution in [1.29, 1.82) is 0 Å². The monoisotopic (exact) mass is 498 g/mol. The van der Waals surface area contributed by atoms with Crippen molar-refractivity contribution in [2.24, 2.45) is 4.99 Å². The van der Waals surface area contributed by atoms with Gasteiger partial charge in [-0.1, -0.05) is 18.2 Å². The molecule has 0 unspecified atom stereocenters. The van der Waals surface area contributed by atoms with Crippen molar-refractivity contribution in [3.63, 3.8) is 0 Å². The first-order chi connectivity index (χ1) is 16.7. The number of hydrogen-bond donors (Lipinski definition) is 4. The minimum absolute atomic E-state index is 0.0287. The highest BCUT2D eigenvalue weighted by atomic mass is 32.2. The number of nitrogens with one attached hydrogen (secondary N) is 1. The van der Waals surface area contributed by atoms with Crippen LogP contribution in [0.15, 0.2) is 46.3 Å². The summed E-state index contributed by atoms with van der Waals surface area (Å²) in [6, 6.07) is -1.83. The van der Waals surface area contributed by atoms with E-state index in [-0.39, 0.29) is 23.6 Å². The zero-order chi connectivity index (χ0) is 25.3. The van der Waals surface area contributed by atoms with Crippen LogP contribution in [0.2, 0.25) is 0 Å². The van der Waals surface area contributed by atoms with E-state index >= 15 is 0 Å². The Kier molecular flexibility index (Phi) is 7.08. The average molecular weight is 499 g/mol. The molecule has 1 aliphatic carbocycles. The number of hydrogen-bond acceptors (Lipinski definition) is 8. The highest BCUT2D eigenvalue weighted by Gasteiger charge is 2.54. The number of aliphatic imine (C=N–C) groups is 1. The van der Waals surface area contributed by atoms with Crippen LogP contribution in [0.3, 0.4) is 0 Å². The molecule has 2 amide bonds. The lowest BCUT2D eigenvalue weighted by Crippen LogP contribution is -2.71. The topological polar surface area (TPSA) is 152 Å². The Morgan fingerprint density at radius 1 is 1.37 bits per heavy atom. The van der Waals surface area contributed by atoms with Crippen molar-refractivity contribution < 1.29 is 29.7 Å². The van der Waals surface area contributed by atoms with Crippen LogP contribution in [-0.2, 0) is 21.0 Å². The molecule has 1 aromatic rings. The van der Waals surface area contributed by atoms with Crippen molar-refractivity contribution in [2.75, 3.05) is 5.75 Å². The quantitative estimate of drug-likeness (QED) is 0.250. The summed E-state index contributed by atoms with van der Waals surface area (Å²) in [6.07, 6.45) is 9.71. The average Bonchev–Trinajstić information content (AvgIpc) is 2.85. The smallest absolute Gasteiger partial charge is 0.352 e. The zero-order valence-electron chi connectivity index (χ0n) is 19.3. The summed E-state index contributed by atoms with van der Waals surface area (Å²) in [7, 11) is 0. The van der Waals surface area contributed by atoms with E-state index in [1.54, 1.807) is 13.8 Å². The fraction of sp³-hybridized carbons (Fsp3) is 0.375. The van der Waals surface area contributed by atoms with E-state index in [0.29, 0.717) is 35.4 Å². The predicted octanol–water partition coefficient (Wildman–Crippen LogP) is 1.41. The molecular weight excluding hydrogens is 472 g/mol. The number of rotatable bonds is 7. The first-order valence-corrected chi connectivity index (χ1v) is 12.1. The van der Waals surface area contributed by atoms with Crippen molar-refractivity contribution >= 4 is 35.8 Å². The number of aromatic nitrogens is 1. The van der Waals surface area contributed by atoms with Gasteiger partial charge in [0.2, 0.25) is 5.91 Å². The molecule has 0 saturated carbocycles. The first-order valence-electron chi connectivity index (χ1n) is 11.1. The van der Waals surface area contributed by atoms with E-state index < -0.39 is 35.2 Å². The van der Waals surface area contributed by atoms with Crippen LogP contribution < -0.4 is 5.32 Å². The van der Waals surface area contributed by atoms with E-state index in [9.17, 15) is 29.7 Å². The summed E-state index contributed by atoms with van der Waals surface area (Å²) in [5.41, 5.74) is 2.30. The van der Waals surface area contributed by atoms with Gasteiger partial charge in [0.15, 0.2) is 0 Å². The van der Waals surface area contributed by atoms with E-state index in [2.05, 4.69) is 15.3 Å². The second-order valence-corrected chi connectivity index (χ2v) is 9.60. The third-order valence-electron chi connectivity index (χ3n) is 6.18. The molecule has 0 radical (unpaired) electrons. The van der Waals surface area contributed by atoms with E-state index in [1.165, 1.54) is 29.1 Å². The molecule has 3 aliphatic rings. The molecule has 3 heterocycles. The third kappa shape index (κ3) is 4.61. The summed E-state index contributed by atoms with van der Waals surface area (Å²) >= 11 is 1.40. The number of nitrogens with zero attached hydrogens (tertiary/aromatic N) is 3. The Hall–Kier alpha value is -3.44. The lowest BCUT2D eigenvalue weighted by Gasteiger charge is -2.49. The molecule has 2 aliphatic heterocycles. The summed E-state index contributed by atoms with van der Waals surface area (Å²) in [5.74, 6) is -1.83. The van der Waals surface area contributed by atoms with Gasteiger partial charge in [0.1, 0.15) is 28.9 Å². The molecule has 11 heteroatoms. The second-order valence-electron chi connectivity index (χ2n) is 8.49. The molecule has 184 valence electrons. The van der Waals surface area contributed by atoms with Gasteiger partial charge < -0.3 is 20.6 Å². The number of aliphatic hydroxyl groups excluding tert-OH is 1. The van der Waals surface area contributed by atoms with Crippen LogP contribution in [0.1, 0.15) is 36.6 Å². The van der Waals surface area contributed by atoms with Gasteiger partial charge in [-0.15, -0.1) is 11.8 Å². The Balaban J connectivity index is 1.59. The number of carbonyl (C=O) groups is 3. The highest BCUT2D eigenvalue weighted by Crippen LogP contribution is 2.40.